The Hall–Kier alpha value is -1.73. The minimum absolute atomic E-state index is 0. The molecule has 0 saturated heterocycles. The average Bonchev–Trinajstić information content (AvgIpc) is 3.08. The van der Waals surface area contributed by atoms with Crippen molar-refractivity contribution in [1.82, 2.24) is 20.0 Å². The zero-order valence-corrected chi connectivity index (χ0v) is 18.7. The summed E-state index contributed by atoms with van der Waals surface area (Å²) >= 11 is 1.60. The fraction of sp³-hybridized carbons (Fsp3) is 0.333. The number of pyridine rings is 1. The van der Waals surface area contributed by atoms with Gasteiger partial charge in [-0.1, -0.05) is 30.3 Å². The summed E-state index contributed by atoms with van der Waals surface area (Å²) in [5.74, 6) is 1.25. The van der Waals surface area contributed by atoms with Crippen molar-refractivity contribution in [2.45, 2.75) is 25.1 Å². The van der Waals surface area contributed by atoms with E-state index in [1.165, 1.54) is 16.7 Å². The summed E-state index contributed by atoms with van der Waals surface area (Å²) < 4.78 is 2.04. The number of aryl methyl sites for hydroxylation is 1. The highest BCUT2D eigenvalue weighted by Crippen LogP contribution is 2.22. The Kier molecular flexibility index (Phi) is 8.83. The van der Waals surface area contributed by atoms with E-state index in [1.54, 1.807) is 11.8 Å². The van der Waals surface area contributed by atoms with Crippen LogP contribution in [-0.4, -0.2) is 34.1 Å². The van der Waals surface area contributed by atoms with E-state index in [0.717, 1.165) is 30.1 Å². The van der Waals surface area contributed by atoms with Gasteiger partial charge in [0.15, 0.2) is 0 Å². The standard InChI is InChI=1S/C21H24N4OS.2ClH/c1-15-6-7-20-24-17(12-25(20)11-15)13-27-14-21(26)23-10-19-18-5-3-2-4-16(18)8-9-22-19;;/h2-7,11-12,19,22H,8-10,13-14H2,1H3,(H,23,26);2*1H. The molecule has 1 amide bonds. The first kappa shape index (κ1) is 23.5. The van der Waals surface area contributed by atoms with Crippen LogP contribution in [-0.2, 0) is 17.0 Å². The molecule has 4 rings (SSSR count). The lowest BCUT2D eigenvalue weighted by molar-refractivity contribution is -0.118. The largest absolute Gasteiger partial charge is 0.353 e. The number of amides is 1. The Morgan fingerprint density at radius 1 is 1.24 bits per heavy atom. The van der Waals surface area contributed by atoms with Gasteiger partial charge in [-0.25, -0.2) is 4.98 Å². The molecule has 156 valence electrons. The maximum Gasteiger partial charge on any atom is 0.230 e. The number of carbonyl (C=O) groups is 1. The minimum atomic E-state index is 0. The summed E-state index contributed by atoms with van der Waals surface area (Å²) in [6.07, 6.45) is 5.16. The molecule has 29 heavy (non-hydrogen) atoms. The molecule has 0 aliphatic carbocycles. The molecule has 1 aliphatic rings. The number of halogens is 2. The number of fused-ring (bicyclic) bond motifs is 2. The summed E-state index contributed by atoms with van der Waals surface area (Å²) in [6, 6.07) is 12.7. The van der Waals surface area contributed by atoms with Crippen molar-refractivity contribution in [3.8, 4) is 0 Å². The molecule has 5 nitrogen and oxygen atoms in total. The van der Waals surface area contributed by atoms with Gasteiger partial charge in [0.1, 0.15) is 5.65 Å². The lowest BCUT2D eigenvalue weighted by atomic mass is 9.94. The highest BCUT2D eigenvalue weighted by Gasteiger charge is 2.19. The smallest absolute Gasteiger partial charge is 0.230 e. The number of benzene rings is 1. The Bertz CT molecular complexity index is 963. The van der Waals surface area contributed by atoms with Gasteiger partial charge in [0.25, 0.3) is 0 Å². The van der Waals surface area contributed by atoms with E-state index in [9.17, 15) is 4.79 Å². The van der Waals surface area contributed by atoms with E-state index >= 15 is 0 Å². The van der Waals surface area contributed by atoms with Crippen molar-refractivity contribution in [3.05, 3.63) is 71.2 Å². The Labute approximate surface area is 187 Å². The second kappa shape index (κ2) is 10.9. The molecule has 0 radical (unpaired) electrons. The topological polar surface area (TPSA) is 58.4 Å². The number of thioether (sulfide) groups is 1. The Balaban J connectivity index is 0.00000150. The van der Waals surface area contributed by atoms with Crippen molar-refractivity contribution in [1.29, 1.82) is 0 Å². The predicted octanol–water partition coefficient (Wildman–Crippen LogP) is 3.72. The zero-order chi connectivity index (χ0) is 18.6. The van der Waals surface area contributed by atoms with E-state index in [1.807, 2.05) is 16.7 Å². The molecule has 2 N–H and O–H groups in total. The fourth-order valence-electron chi connectivity index (χ4n) is 3.52. The van der Waals surface area contributed by atoms with Crippen LogP contribution < -0.4 is 10.6 Å². The van der Waals surface area contributed by atoms with Gasteiger partial charge < -0.3 is 15.0 Å². The molecule has 0 saturated carbocycles. The number of carbonyl (C=O) groups excluding carboxylic acids is 1. The van der Waals surface area contributed by atoms with Crippen LogP contribution in [0.15, 0.2) is 48.8 Å². The number of aromatic nitrogens is 2. The molecule has 0 spiro atoms. The molecule has 1 unspecified atom stereocenters. The van der Waals surface area contributed by atoms with Gasteiger partial charge in [-0.15, -0.1) is 36.6 Å². The first-order valence-corrected chi connectivity index (χ1v) is 10.4. The third kappa shape index (κ3) is 5.89. The number of imidazole rings is 1. The van der Waals surface area contributed by atoms with Gasteiger partial charge in [0, 0.05) is 30.7 Å². The molecular formula is C21H26Cl2N4OS. The average molecular weight is 453 g/mol. The minimum Gasteiger partial charge on any atom is -0.353 e. The first-order valence-electron chi connectivity index (χ1n) is 9.29. The number of hydrogen-bond donors (Lipinski definition) is 2. The normalized spacial score (nSPS) is 15.1. The van der Waals surface area contributed by atoms with Crippen LogP contribution in [0.3, 0.4) is 0 Å². The van der Waals surface area contributed by atoms with Crippen LogP contribution in [0.25, 0.3) is 5.65 Å². The third-order valence-electron chi connectivity index (χ3n) is 4.85. The van der Waals surface area contributed by atoms with Crippen LogP contribution in [0.5, 0.6) is 0 Å². The molecule has 1 aromatic carbocycles. The molecule has 8 heteroatoms. The van der Waals surface area contributed by atoms with Crippen molar-refractivity contribution < 1.29 is 4.79 Å². The van der Waals surface area contributed by atoms with Gasteiger partial charge in [-0.3, -0.25) is 4.79 Å². The van der Waals surface area contributed by atoms with Gasteiger partial charge in [-0.05, 0) is 42.6 Å². The van der Waals surface area contributed by atoms with E-state index in [2.05, 4.69) is 59.1 Å². The monoisotopic (exact) mass is 452 g/mol. The number of hydrogen-bond acceptors (Lipinski definition) is 4. The summed E-state index contributed by atoms with van der Waals surface area (Å²) in [7, 11) is 0. The Morgan fingerprint density at radius 2 is 2.07 bits per heavy atom. The van der Waals surface area contributed by atoms with Crippen LogP contribution in [0, 0.1) is 6.92 Å². The summed E-state index contributed by atoms with van der Waals surface area (Å²) in [5.41, 5.74) is 5.84. The van der Waals surface area contributed by atoms with Crippen LogP contribution in [0.1, 0.15) is 28.4 Å². The number of nitrogens with one attached hydrogen (secondary N) is 2. The third-order valence-corrected chi connectivity index (χ3v) is 5.82. The van der Waals surface area contributed by atoms with Gasteiger partial charge in [0.05, 0.1) is 11.4 Å². The van der Waals surface area contributed by atoms with Crippen LogP contribution in [0.4, 0.5) is 0 Å². The first-order chi connectivity index (χ1) is 13.2. The Morgan fingerprint density at radius 3 is 2.93 bits per heavy atom. The molecule has 2 aromatic heterocycles. The van der Waals surface area contributed by atoms with Crippen molar-refractivity contribution in [3.63, 3.8) is 0 Å². The SMILES string of the molecule is Cc1ccc2nc(CSCC(=O)NCC3NCCc4ccccc43)cn2c1.Cl.Cl. The maximum absolute atomic E-state index is 12.2. The van der Waals surface area contributed by atoms with Gasteiger partial charge >= 0.3 is 0 Å². The molecule has 3 aromatic rings. The van der Waals surface area contributed by atoms with E-state index in [4.69, 9.17) is 0 Å². The van der Waals surface area contributed by atoms with Crippen molar-refractivity contribution >= 4 is 48.1 Å². The van der Waals surface area contributed by atoms with Crippen molar-refractivity contribution in [2.24, 2.45) is 0 Å². The van der Waals surface area contributed by atoms with E-state index in [0.29, 0.717) is 12.3 Å². The lowest BCUT2D eigenvalue weighted by Gasteiger charge is -2.27. The predicted molar refractivity (Wildman–Crippen MR) is 124 cm³/mol. The summed E-state index contributed by atoms with van der Waals surface area (Å²) in [6.45, 7) is 3.65. The van der Waals surface area contributed by atoms with Crippen LogP contribution >= 0.6 is 36.6 Å². The van der Waals surface area contributed by atoms with Gasteiger partial charge in [0.2, 0.25) is 5.91 Å². The van der Waals surface area contributed by atoms with Gasteiger partial charge in [-0.2, -0.15) is 0 Å². The van der Waals surface area contributed by atoms with Crippen molar-refractivity contribution in [2.75, 3.05) is 18.8 Å². The molecule has 0 bridgehead atoms. The highest BCUT2D eigenvalue weighted by molar-refractivity contribution is 7.99. The lowest BCUT2D eigenvalue weighted by Crippen LogP contribution is -2.39. The number of rotatable bonds is 6. The molecule has 0 fully saturated rings. The summed E-state index contributed by atoms with van der Waals surface area (Å²) in [5, 5.41) is 6.56. The molecule has 1 aliphatic heterocycles. The summed E-state index contributed by atoms with van der Waals surface area (Å²) in [4.78, 5) is 16.8. The second-order valence-electron chi connectivity index (χ2n) is 6.96. The number of nitrogens with zero attached hydrogens (tertiary/aromatic N) is 2. The molecular weight excluding hydrogens is 427 g/mol. The molecule has 3 heterocycles. The highest BCUT2D eigenvalue weighted by atomic mass is 35.5. The zero-order valence-electron chi connectivity index (χ0n) is 16.3. The second-order valence-corrected chi connectivity index (χ2v) is 7.94. The van der Waals surface area contributed by atoms with Crippen LogP contribution in [0.2, 0.25) is 0 Å². The molecule has 1 atom stereocenters. The maximum atomic E-state index is 12.2. The van der Waals surface area contributed by atoms with E-state index in [-0.39, 0.29) is 36.8 Å². The van der Waals surface area contributed by atoms with E-state index < -0.39 is 0 Å². The quantitative estimate of drug-likeness (QED) is 0.598. The fourth-order valence-corrected chi connectivity index (χ4v) is 4.25.